The van der Waals surface area contributed by atoms with Crippen LogP contribution in [0.2, 0.25) is 0 Å². The molecule has 1 heterocycles. The highest BCUT2D eigenvalue weighted by Crippen LogP contribution is 2.29. The second-order valence-corrected chi connectivity index (χ2v) is 5.64. The summed E-state index contributed by atoms with van der Waals surface area (Å²) >= 11 is 3.23. The summed E-state index contributed by atoms with van der Waals surface area (Å²) < 4.78 is 0.511. The zero-order valence-corrected chi connectivity index (χ0v) is 12.0. The lowest BCUT2D eigenvalue weighted by Crippen LogP contribution is -2.24. The van der Waals surface area contributed by atoms with Crippen molar-refractivity contribution in [1.82, 2.24) is 4.90 Å². The highest BCUT2D eigenvalue weighted by atomic mass is 79.9. The smallest absolute Gasteiger partial charge is 0.283 e. The van der Waals surface area contributed by atoms with Crippen molar-refractivity contribution >= 4 is 27.3 Å². The lowest BCUT2D eigenvalue weighted by atomic mass is 10.2. The van der Waals surface area contributed by atoms with Crippen LogP contribution in [-0.2, 0) is 0 Å². The molecule has 1 aliphatic heterocycles. The SMILES string of the molecule is CC1CC(Nc2ccc([N+](=O)[O-])c(Br)c2)CN1C. The Hall–Kier alpha value is -1.14. The fraction of sp³-hybridized carbons (Fsp3) is 0.500. The van der Waals surface area contributed by atoms with Crippen LogP contribution >= 0.6 is 15.9 Å². The van der Waals surface area contributed by atoms with Gasteiger partial charge < -0.3 is 10.2 Å². The molecule has 1 aromatic rings. The Labute approximate surface area is 114 Å². The van der Waals surface area contributed by atoms with Crippen LogP contribution in [0.3, 0.4) is 0 Å². The number of halogens is 1. The van der Waals surface area contributed by atoms with Gasteiger partial charge in [-0.05, 0) is 48.5 Å². The van der Waals surface area contributed by atoms with E-state index in [-0.39, 0.29) is 10.6 Å². The first-order valence-corrected chi connectivity index (χ1v) is 6.67. The van der Waals surface area contributed by atoms with Gasteiger partial charge in [-0.3, -0.25) is 10.1 Å². The van der Waals surface area contributed by atoms with Gasteiger partial charge in [0.05, 0.1) is 9.40 Å². The zero-order valence-electron chi connectivity index (χ0n) is 10.4. The summed E-state index contributed by atoms with van der Waals surface area (Å²) in [6, 6.07) is 6.02. The van der Waals surface area contributed by atoms with Crippen LogP contribution in [0.15, 0.2) is 22.7 Å². The van der Waals surface area contributed by atoms with Gasteiger partial charge in [0.15, 0.2) is 0 Å². The van der Waals surface area contributed by atoms with E-state index >= 15 is 0 Å². The molecule has 1 saturated heterocycles. The minimum atomic E-state index is -0.390. The quantitative estimate of drug-likeness (QED) is 0.688. The molecule has 98 valence electrons. The van der Waals surface area contributed by atoms with E-state index in [0.717, 1.165) is 18.7 Å². The van der Waals surface area contributed by atoms with E-state index in [1.165, 1.54) is 6.07 Å². The van der Waals surface area contributed by atoms with Crippen LogP contribution in [0, 0.1) is 10.1 Å². The lowest BCUT2D eigenvalue weighted by molar-refractivity contribution is -0.385. The summed E-state index contributed by atoms with van der Waals surface area (Å²) in [5.74, 6) is 0. The molecule has 0 aromatic heterocycles. The third-order valence-electron chi connectivity index (χ3n) is 3.40. The van der Waals surface area contributed by atoms with Gasteiger partial charge in [0.25, 0.3) is 5.69 Å². The van der Waals surface area contributed by atoms with Crippen molar-refractivity contribution in [3.05, 3.63) is 32.8 Å². The van der Waals surface area contributed by atoms with E-state index in [4.69, 9.17) is 0 Å². The summed E-state index contributed by atoms with van der Waals surface area (Å²) in [4.78, 5) is 12.6. The normalized spacial score (nSPS) is 24.2. The number of nitrogens with one attached hydrogen (secondary N) is 1. The second kappa shape index (κ2) is 5.24. The van der Waals surface area contributed by atoms with Crippen LogP contribution in [0.5, 0.6) is 0 Å². The van der Waals surface area contributed by atoms with Crippen molar-refractivity contribution in [3.8, 4) is 0 Å². The second-order valence-electron chi connectivity index (χ2n) is 4.79. The molecule has 0 saturated carbocycles. The molecule has 0 aliphatic carbocycles. The molecule has 1 aromatic carbocycles. The van der Waals surface area contributed by atoms with Crippen LogP contribution in [0.1, 0.15) is 13.3 Å². The number of hydrogen-bond acceptors (Lipinski definition) is 4. The third-order valence-corrected chi connectivity index (χ3v) is 4.04. The summed E-state index contributed by atoms with van der Waals surface area (Å²) in [7, 11) is 2.11. The molecular formula is C12H16BrN3O2. The van der Waals surface area contributed by atoms with Gasteiger partial charge >= 0.3 is 0 Å². The largest absolute Gasteiger partial charge is 0.381 e. The van der Waals surface area contributed by atoms with Gasteiger partial charge in [0.1, 0.15) is 0 Å². The number of nitrogens with zero attached hydrogens (tertiary/aromatic N) is 2. The van der Waals surface area contributed by atoms with E-state index in [1.807, 2.05) is 0 Å². The van der Waals surface area contributed by atoms with Crippen molar-refractivity contribution in [2.75, 3.05) is 18.9 Å². The predicted molar refractivity (Wildman–Crippen MR) is 74.9 cm³/mol. The van der Waals surface area contributed by atoms with Crippen molar-refractivity contribution in [1.29, 1.82) is 0 Å². The highest BCUT2D eigenvalue weighted by molar-refractivity contribution is 9.10. The lowest BCUT2D eigenvalue weighted by Gasteiger charge is -2.14. The van der Waals surface area contributed by atoms with Crippen LogP contribution in [0.25, 0.3) is 0 Å². The Morgan fingerprint density at radius 2 is 2.28 bits per heavy atom. The monoisotopic (exact) mass is 313 g/mol. The fourth-order valence-electron chi connectivity index (χ4n) is 2.28. The van der Waals surface area contributed by atoms with Crippen LogP contribution in [-0.4, -0.2) is 35.5 Å². The van der Waals surface area contributed by atoms with E-state index in [1.54, 1.807) is 12.1 Å². The van der Waals surface area contributed by atoms with Gasteiger partial charge in [0.2, 0.25) is 0 Å². The summed E-state index contributed by atoms with van der Waals surface area (Å²) in [6.07, 6.45) is 1.09. The van der Waals surface area contributed by atoms with E-state index < -0.39 is 0 Å². The number of hydrogen-bond donors (Lipinski definition) is 1. The topological polar surface area (TPSA) is 58.4 Å². The Kier molecular flexibility index (Phi) is 3.87. The molecule has 2 atom stereocenters. The number of rotatable bonds is 3. The molecule has 2 unspecified atom stereocenters. The molecule has 1 aliphatic rings. The molecule has 6 heteroatoms. The van der Waals surface area contributed by atoms with Gasteiger partial charge in [-0.2, -0.15) is 0 Å². The Morgan fingerprint density at radius 1 is 1.56 bits per heavy atom. The predicted octanol–water partition coefficient (Wildman–Crippen LogP) is 2.86. The first-order valence-electron chi connectivity index (χ1n) is 5.88. The van der Waals surface area contributed by atoms with Gasteiger partial charge in [-0.15, -0.1) is 0 Å². The molecule has 1 N–H and O–H groups in total. The Morgan fingerprint density at radius 3 is 2.78 bits per heavy atom. The number of nitro benzene ring substituents is 1. The number of anilines is 1. The third kappa shape index (κ3) is 2.81. The van der Waals surface area contributed by atoms with Crippen LogP contribution in [0.4, 0.5) is 11.4 Å². The minimum absolute atomic E-state index is 0.0949. The summed E-state index contributed by atoms with van der Waals surface area (Å²) in [6.45, 7) is 3.20. The van der Waals surface area contributed by atoms with Crippen molar-refractivity contribution in [3.63, 3.8) is 0 Å². The number of benzene rings is 1. The number of likely N-dealkylation sites (tertiary alicyclic amines) is 1. The molecule has 2 rings (SSSR count). The maximum atomic E-state index is 10.7. The van der Waals surface area contributed by atoms with Crippen LogP contribution < -0.4 is 5.32 Å². The van der Waals surface area contributed by atoms with Crippen molar-refractivity contribution in [2.24, 2.45) is 0 Å². The standard InChI is InChI=1S/C12H16BrN3O2/c1-8-5-10(7-15(8)2)14-9-3-4-12(16(17)18)11(13)6-9/h3-4,6,8,10,14H,5,7H2,1-2H3. The van der Waals surface area contributed by atoms with Gasteiger partial charge in [-0.25, -0.2) is 0 Å². The fourth-order valence-corrected chi connectivity index (χ4v) is 2.80. The highest BCUT2D eigenvalue weighted by Gasteiger charge is 2.26. The molecule has 0 radical (unpaired) electrons. The van der Waals surface area contributed by atoms with Crippen molar-refractivity contribution < 1.29 is 4.92 Å². The number of nitro groups is 1. The minimum Gasteiger partial charge on any atom is -0.381 e. The number of likely N-dealkylation sites (N-methyl/N-ethyl adjacent to an activating group) is 1. The average molecular weight is 314 g/mol. The van der Waals surface area contributed by atoms with Crippen molar-refractivity contribution in [2.45, 2.75) is 25.4 Å². The van der Waals surface area contributed by atoms with E-state index in [2.05, 4.69) is 40.1 Å². The molecule has 0 bridgehead atoms. The molecule has 0 amide bonds. The molecule has 18 heavy (non-hydrogen) atoms. The summed E-state index contributed by atoms with van der Waals surface area (Å²) in [5.41, 5.74) is 1.01. The molecule has 1 fully saturated rings. The zero-order chi connectivity index (χ0) is 13.3. The van der Waals surface area contributed by atoms with E-state index in [9.17, 15) is 10.1 Å². The Bertz CT molecular complexity index is 457. The average Bonchev–Trinajstić information content (AvgIpc) is 2.57. The van der Waals surface area contributed by atoms with Gasteiger partial charge in [0, 0.05) is 30.4 Å². The first-order chi connectivity index (χ1) is 8.47. The maximum Gasteiger partial charge on any atom is 0.283 e. The maximum absolute atomic E-state index is 10.7. The first kappa shape index (κ1) is 13.3. The Balaban J connectivity index is 2.07. The molecule has 5 nitrogen and oxygen atoms in total. The molecular weight excluding hydrogens is 298 g/mol. The summed E-state index contributed by atoms with van der Waals surface area (Å²) in [5, 5.41) is 14.1. The van der Waals surface area contributed by atoms with Gasteiger partial charge in [-0.1, -0.05) is 0 Å². The molecule has 0 spiro atoms. The van der Waals surface area contributed by atoms with E-state index in [0.29, 0.717) is 16.6 Å².